The van der Waals surface area contributed by atoms with Crippen LogP contribution in [0.5, 0.6) is 5.75 Å². The van der Waals surface area contributed by atoms with Crippen LogP contribution in [0, 0.1) is 0 Å². The van der Waals surface area contributed by atoms with E-state index in [0.29, 0.717) is 5.69 Å². The highest BCUT2D eigenvalue weighted by Gasteiger charge is 2.26. The summed E-state index contributed by atoms with van der Waals surface area (Å²) in [6.45, 7) is 3.82. The molecule has 1 atom stereocenters. The molecule has 2 aromatic rings. The van der Waals surface area contributed by atoms with Gasteiger partial charge in [-0.05, 0) is 44.2 Å². The van der Waals surface area contributed by atoms with Crippen LogP contribution in [0.3, 0.4) is 0 Å². The van der Waals surface area contributed by atoms with Crippen molar-refractivity contribution in [2.75, 3.05) is 18.7 Å². The van der Waals surface area contributed by atoms with Gasteiger partial charge < -0.3 is 15.4 Å². The molecule has 5 nitrogen and oxygen atoms in total. The Morgan fingerprint density at radius 1 is 1.08 bits per heavy atom. The van der Waals surface area contributed by atoms with Gasteiger partial charge in [-0.3, -0.25) is 4.21 Å². The van der Waals surface area contributed by atoms with Crippen LogP contribution in [-0.2, 0) is 16.3 Å². The Hall–Kier alpha value is -2.34. The smallest absolute Gasteiger partial charge is 0.319 e. The summed E-state index contributed by atoms with van der Waals surface area (Å²) < 4.78 is 16.7. The number of ether oxygens (including phenoxy) is 1. The van der Waals surface area contributed by atoms with E-state index in [9.17, 15) is 9.00 Å². The lowest BCUT2D eigenvalue weighted by atomic mass is 9.93. The highest BCUT2D eigenvalue weighted by molar-refractivity contribution is 7.84. The number of methoxy groups -OCH3 is 1. The van der Waals surface area contributed by atoms with Crippen molar-refractivity contribution >= 4 is 22.5 Å². The summed E-state index contributed by atoms with van der Waals surface area (Å²) in [5.74, 6) is 0.720. The molecule has 0 aliphatic carbocycles. The molecular formula is C18H22N2O3S. The SMILES string of the molecule is COc1ccccc1C(C)(C)NC(=O)Nc1ccc(S(C)=O)cc1. The fourth-order valence-corrected chi connectivity index (χ4v) is 2.92. The van der Waals surface area contributed by atoms with Crippen molar-refractivity contribution in [2.24, 2.45) is 0 Å². The molecule has 0 radical (unpaired) electrons. The van der Waals surface area contributed by atoms with E-state index in [1.54, 1.807) is 37.6 Å². The molecule has 0 heterocycles. The van der Waals surface area contributed by atoms with Gasteiger partial charge >= 0.3 is 6.03 Å². The lowest BCUT2D eigenvalue weighted by Gasteiger charge is -2.28. The maximum atomic E-state index is 12.3. The van der Waals surface area contributed by atoms with Crippen molar-refractivity contribution in [3.8, 4) is 5.75 Å². The Bertz CT molecular complexity index is 742. The fraction of sp³-hybridized carbons (Fsp3) is 0.278. The number of hydrogen-bond donors (Lipinski definition) is 2. The van der Waals surface area contributed by atoms with Crippen molar-refractivity contribution in [1.29, 1.82) is 0 Å². The second kappa shape index (κ2) is 7.49. The monoisotopic (exact) mass is 346 g/mol. The number of nitrogens with one attached hydrogen (secondary N) is 2. The first-order chi connectivity index (χ1) is 11.3. The van der Waals surface area contributed by atoms with Crippen LogP contribution in [0.2, 0.25) is 0 Å². The highest BCUT2D eigenvalue weighted by Crippen LogP contribution is 2.29. The van der Waals surface area contributed by atoms with E-state index >= 15 is 0 Å². The molecular weight excluding hydrogens is 324 g/mol. The second-order valence-corrected chi connectivity index (χ2v) is 7.26. The van der Waals surface area contributed by atoms with E-state index in [2.05, 4.69) is 10.6 Å². The third-order valence-electron chi connectivity index (χ3n) is 3.65. The molecule has 2 rings (SSSR count). The van der Waals surface area contributed by atoms with E-state index in [4.69, 9.17) is 4.74 Å². The lowest BCUT2D eigenvalue weighted by molar-refractivity contribution is 0.241. The van der Waals surface area contributed by atoms with E-state index < -0.39 is 16.3 Å². The lowest BCUT2D eigenvalue weighted by Crippen LogP contribution is -2.43. The molecule has 2 amide bonds. The number of amides is 2. The molecule has 24 heavy (non-hydrogen) atoms. The zero-order valence-electron chi connectivity index (χ0n) is 14.3. The van der Waals surface area contributed by atoms with Gasteiger partial charge in [-0.15, -0.1) is 0 Å². The molecule has 0 aliphatic rings. The molecule has 1 unspecified atom stereocenters. The Morgan fingerprint density at radius 3 is 2.29 bits per heavy atom. The molecule has 0 saturated carbocycles. The quantitative estimate of drug-likeness (QED) is 0.871. The summed E-state index contributed by atoms with van der Waals surface area (Å²) in [5.41, 5.74) is 0.915. The first-order valence-electron chi connectivity index (χ1n) is 7.49. The zero-order valence-corrected chi connectivity index (χ0v) is 15.1. The third-order valence-corrected chi connectivity index (χ3v) is 4.59. The Kier molecular flexibility index (Phi) is 5.62. The molecule has 0 fully saturated rings. The van der Waals surface area contributed by atoms with Crippen LogP contribution in [0.25, 0.3) is 0 Å². The molecule has 0 aliphatic heterocycles. The van der Waals surface area contributed by atoms with Crippen LogP contribution < -0.4 is 15.4 Å². The van der Waals surface area contributed by atoms with Gasteiger partial charge in [0.05, 0.1) is 12.6 Å². The van der Waals surface area contributed by atoms with Crippen LogP contribution in [0.15, 0.2) is 53.4 Å². The zero-order chi connectivity index (χ0) is 17.7. The summed E-state index contributed by atoms with van der Waals surface area (Å²) in [6.07, 6.45) is 1.62. The average Bonchev–Trinajstić information content (AvgIpc) is 2.54. The predicted octanol–water partition coefficient (Wildman–Crippen LogP) is 3.49. The van der Waals surface area contributed by atoms with Gasteiger partial charge in [0, 0.05) is 33.2 Å². The first kappa shape index (κ1) is 18.0. The van der Waals surface area contributed by atoms with Gasteiger partial charge in [-0.1, -0.05) is 18.2 Å². The normalized spacial score (nSPS) is 12.3. The van der Waals surface area contributed by atoms with Gasteiger partial charge in [-0.2, -0.15) is 0 Å². The van der Waals surface area contributed by atoms with Gasteiger partial charge in [0.15, 0.2) is 0 Å². The number of anilines is 1. The number of rotatable bonds is 5. The fourth-order valence-electron chi connectivity index (χ4n) is 2.40. The first-order valence-corrected chi connectivity index (χ1v) is 9.05. The number of urea groups is 1. The van der Waals surface area contributed by atoms with Crippen molar-refractivity contribution in [3.63, 3.8) is 0 Å². The summed E-state index contributed by atoms with van der Waals surface area (Å²) in [7, 11) is 0.569. The molecule has 2 N–H and O–H groups in total. The van der Waals surface area contributed by atoms with Crippen molar-refractivity contribution in [3.05, 3.63) is 54.1 Å². The molecule has 6 heteroatoms. The highest BCUT2D eigenvalue weighted by atomic mass is 32.2. The van der Waals surface area contributed by atoms with E-state index in [-0.39, 0.29) is 6.03 Å². The molecule has 0 spiro atoms. The summed E-state index contributed by atoms with van der Waals surface area (Å²) in [6, 6.07) is 14.2. The van der Waals surface area contributed by atoms with Crippen LogP contribution in [0.1, 0.15) is 19.4 Å². The van der Waals surface area contributed by atoms with Crippen LogP contribution in [0.4, 0.5) is 10.5 Å². The predicted molar refractivity (Wildman–Crippen MR) is 96.9 cm³/mol. The number of para-hydroxylation sites is 1. The Balaban J connectivity index is 2.09. The van der Waals surface area contributed by atoms with E-state index in [0.717, 1.165) is 16.2 Å². The maximum Gasteiger partial charge on any atom is 0.319 e. The molecule has 0 aromatic heterocycles. The molecule has 2 aromatic carbocycles. The largest absolute Gasteiger partial charge is 0.496 e. The van der Waals surface area contributed by atoms with Gasteiger partial charge in [-0.25, -0.2) is 4.79 Å². The van der Waals surface area contributed by atoms with E-state index in [1.165, 1.54) is 0 Å². The molecule has 0 saturated heterocycles. The maximum absolute atomic E-state index is 12.3. The van der Waals surface area contributed by atoms with Crippen molar-refractivity contribution in [2.45, 2.75) is 24.3 Å². The van der Waals surface area contributed by atoms with Crippen LogP contribution >= 0.6 is 0 Å². The summed E-state index contributed by atoms with van der Waals surface area (Å²) >= 11 is 0. The Morgan fingerprint density at radius 2 is 1.71 bits per heavy atom. The van der Waals surface area contributed by atoms with E-state index in [1.807, 2.05) is 38.1 Å². The second-order valence-electron chi connectivity index (χ2n) is 5.88. The minimum atomic E-state index is -1.04. The van der Waals surface area contributed by atoms with Gasteiger partial charge in [0.1, 0.15) is 5.75 Å². The molecule has 128 valence electrons. The number of hydrogen-bond acceptors (Lipinski definition) is 3. The summed E-state index contributed by atoms with van der Waals surface area (Å²) in [5, 5.41) is 5.72. The van der Waals surface area contributed by atoms with Gasteiger partial charge in [0.25, 0.3) is 0 Å². The average molecular weight is 346 g/mol. The topological polar surface area (TPSA) is 67.4 Å². The van der Waals surface area contributed by atoms with Crippen molar-refractivity contribution in [1.82, 2.24) is 5.32 Å². The minimum absolute atomic E-state index is 0.323. The number of carbonyl (C=O) groups excluding carboxylic acids is 1. The van der Waals surface area contributed by atoms with Gasteiger partial charge in [0.2, 0.25) is 0 Å². The summed E-state index contributed by atoms with van der Waals surface area (Å²) in [4.78, 5) is 13.0. The number of benzene rings is 2. The van der Waals surface area contributed by atoms with Crippen LogP contribution in [-0.4, -0.2) is 23.6 Å². The number of carbonyl (C=O) groups is 1. The standard InChI is InChI=1S/C18H22N2O3S/c1-18(2,15-7-5-6-8-16(15)23-3)20-17(21)19-13-9-11-14(12-10-13)24(4)22/h5-12H,1-4H3,(H2,19,20,21). The third kappa shape index (κ3) is 4.35. The minimum Gasteiger partial charge on any atom is -0.496 e. The van der Waals surface area contributed by atoms with Crippen molar-refractivity contribution < 1.29 is 13.7 Å². The Labute approximate surface area is 144 Å². The molecule has 0 bridgehead atoms.